The first-order valence-corrected chi connectivity index (χ1v) is 10.1. The number of carbonyl (C=O) groups excluding carboxylic acids is 1. The normalized spacial score (nSPS) is 22.9. The number of amides is 1. The smallest absolute Gasteiger partial charge is 0.253 e. The van der Waals surface area contributed by atoms with E-state index in [1.165, 1.54) is 10.9 Å². The minimum Gasteiger partial charge on any atom is -0.338 e. The predicted octanol–water partition coefficient (Wildman–Crippen LogP) is 2.81. The highest BCUT2D eigenvalue weighted by Crippen LogP contribution is 2.44. The molecule has 0 saturated carbocycles. The number of fused-ring (bicyclic) bond motifs is 1. The van der Waals surface area contributed by atoms with Crippen molar-refractivity contribution in [3.63, 3.8) is 0 Å². The van der Waals surface area contributed by atoms with Crippen molar-refractivity contribution in [1.82, 2.24) is 30.0 Å². The summed E-state index contributed by atoms with van der Waals surface area (Å²) in [5.41, 5.74) is 2.46. The molecule has 2 saturated heterocycles. The summed E-state index contributed by atoms with van der Waals surface area (Å²) < 4.78 is 13.8. The van der Waals surface area contributed by atoms with Crippen molar-refractivity contribution in [2.75, 3.05) is 26.7 Å². The zero-order chi connectivity index (χ0) is 20.8. The van der Waals surface area contributed by atoms with Crippen LogP contribution in [0.4, 0.5) is 4.39 Å². The topological polar surface area (TPSA) is 67.2 Å². The molecule has 9 heteroatoms. The first-order chi connectivity index (χ1) is 14.5. The molecule has 2 fully saturated rings. The Bertz CT molecular complexity index is 1090. The van der Waals surface area contributed by atoms with Crippen LogP contribution in [0.1, 0.15) is 22.0 Å². The lowest BCUT2D eigenvalue weighted by atomic mass is 9.89. The Kier molecular flexibility index (Phi) is 5.77. The van der Waals surface area contributed by atoms with Gasteiger partial charge in [0.2, 0.25) is 5.82 Å². The number of aromatic nitrogens is 4. The molecule has 1 amide bonds. The standard InChI is InChI=1S/C22H23FN6O.ClH/c1-27-11-17-12-29(13-19(17)20(27)16-4-3-5-18(23)10-16)22(30)15-8-6-14(7-9-15)21-24-26-28(2)25-21;/h3-10,17,19-20H,11-13H2,1-2H3;1H/t17-,19+,20-;/m0./s1. The van der Waals surface area contributed by atoms with Crippen molar-refractivity contribution in [2.45, 2.75) is 6.04 Å². The second-order valence-electron chi connectivity index (χ2n) is 8.25. The summed E-state index contributed by atoms with van der Waals surface area (Å²) in [5, 5.41) is 12.0. The summed E-state index contributed by atoms with van der Waals surface area (Å²) in [6.07, 6.45) is 0. The zero-order valence-corrected chi connectivity index (χ0v) is 18.2. The molecule has 3 heterocycles. The number of aryl methyl sites for hydroxylation is 1. The lowest BCUT2D eigenvalue weighted by Crippen LogP contribution is -2.33. The van der Waals surface area contributed by atoms with Crippen molar-refractivity contribution in [1.29, 1.82) is 0 Å². The molecule has 0 unspecified atom stereocenters. The van der Waals surface area contributed by atoms with Gasteiger partial charge in [0, 0.05) is 42.7 Å². The van der Waals surface area contributed by atoms with E-state index in [-0.39, 0.29) is 30.2 Å². The largest absolute Gasteiger partial charge is 0.338 e. The number of rotatable bonds is 3. The van der Waals surface area contributed by atoms with Gasteiger partial charge in [0.15, 0.2) is 0 Å². The second kappa shape index (κ2) is 8.36. The molecule has 0 aliphatic carbocycles. The van der Waals surface area contributed by atoms with Gasteiger partial charge in [0.25, 0.3) is 5.91 Å². The quantitative estimate of drug-likeness (QED) is 0.624. The van der Waals surface area contributed by atoms with E-state index in [0.717, 1.165) is 24.2 Å². The predicted molar refractivity (Wildman–Crippen MR) is 116 cm³/mol. The number of nitrogens with zero attached hydrogens (tertiary/aromatic N) is 6. The van der Waals surface area contributed by atoms with Crippen LogP contribution in [0.15, 0.2) is 48.5 Å². The number of tetrazole rings is 1. The monoisotopic (exact) mass is 442 g/mol. The molecular formula is C22H24ClFN6O. The van der Waals surface area contributed by atoms with Crippen LogP contribution in [0.25, 0.3) is 11.4 Å². The van der Waals surface area contributed by atoms with Gasteiger partial charge in [-0.2, -0.15) is 4.80 Å². The molecule has 2 aromatic carbocycles. The first kappa shape index (κ1) is 21.4. The molecule has 2 aliphatic rings. The lowest BCUT2D eigenvalue weighted by molar-refractivity contribution is 0.0768. The fourth-order valence-electron chi connectivity index (χ4n) is 4.96. The van der Waals surface area contributed by atoms with Gasteiger partial charge in [0.1, 0.15) is 5.82 Å². The first-order valence-electron chi connectivity index (χ1n) is 10.1. The molecule has 3 aromatic rings. The molecule has 0 radical (unpaired) electrons. The van der Waals surface area contributed by atoms with Gasteiger partial charge in [-0.3, -0.25) is 9.69 Å². The van der Waals surface area contributed by atoms with Crippen LogP contribution in [-0.4, -0.2) is 62.6 Å². The summed E-state index contributed by atoms with van der Waals surface area (Å²) in [5.74, 6) is 1.06. The molecule has 31 heavy (non-hydrogen) atoms. The Morgan fingerprint density at radius 1 is 1.06 bits per heavy atom. The van der Waals surface area contributed by atoms with Crippen molar-refractivity contribution < 1.29 is 9.18 Å². The van der Waals surface area contributed by atoms with Gasteiger partial charge in [-0.15, -0.1) is 22.6 Å². The number of hydrogen-bond acceptors (Lipinski definition) is 5. The number of hydrogen-bond donors (Lipinski definition) is 0. The molecule has 7 nitrogen and oxygen atoms in total. The minimum atomic E-state index is -0.215. The maximum atomic E-state index is 13.8. The maximum absolute atomic E-state index is 13.8. The minimum absolute atomic E-state index is 0. The summed E-state index contributed by atoms with van der Waals surface area (Å²) in [4.78, 5) is 18.7. The van der Waals surface area contributed by atoms with Crippen LogP contribution in [0.3, 0.4) is 0 Å². The molecule has 5 rings (SSSR count). The van der Waals surface area contributed by atoms with Gasteiger partial charge in [-0.05, 0) is 48.0 Å². The third-order valence-electron chi connectivity index (χ3n) is 6.27. The molecule has 0 spiro atoms. The fraction of sp³-hybridized carbons (Fsp3) is 0.364. The number of likely N-dealkylation sites (tertiary alicyclic amines) is 2. The van der Waals surface area contributed by atoms with Crippen molar-refractivity contribution in [2.24, 2.45) is 18.9 Å². The number of halogens is 2. The van der Waals surface area contributed by atoms with E-state index < -0.39 is 0 Å². The third-order valence-corrected chi connectivity index (χ3v) is 6.27. The Hall–Kier alpha value is -2.84. The molecule has 2 aliphatic heterocycles. The highest BCUT2D eigenvalue weighted by molar-refractivity contribution is 5.94. The molecule has 0 bridgehead atoms. The molecular weight excluding hydrogens is 419 g/mol. The molecule has 162 valence electrons. The Labute approximate surface area is 186 Å². The van der Waals surface area contributed by atoms with Gasteiger partial charge in [-0.1, -0.05) is 24.3 Å². The Morgan fingerprint density at radius 3 is 2.52 bits per heavy atom. The van der Waals surface area contributed by atoms with Gasteiger partial charge >= 0.3 is 0 Å². The highest BCUT2D eigenvalue weighted by Gasteiger charge is 2.47. The number of benzene rings is 2. The third kappa shape index (κ3) is 3.93. The van der Waals surface area contributed by atoms with E-state index in [9.17, 15) is 9.18 Å². The van der Waals surface area contributed by atoms with E-state index in [2.05, 4.69) is 27.4 Å². The van der Waals surface area contributed by atoms with Crippen LogP contribution < -0.4 is 0 Å². The van der Waals surface area contributed by atoms with Crippen molar-refractivity contribution in [3.8, 4) is 11.4 Å². The summed E-state index contributed by atoms with van der Waals surface area (Å²) >= 11 is 0. The van der Waals surface area contributed by atoms with Crippen LogP contribution in [0.2, 0.25) is 0 Å². The SMILES string of the molecule is CN1C[C@H]2CN(C(=O)c3ccc(-c4nnn(C)n4)cc3)C[C@H]2[C@@H]1c1cccc(F)c1.Cl. The number of carbonyl (C=O) groups is 1. The van der Waals surface area contributed by atoms with E-state index >= 15 is 0 Å². The van der Waals surface area contributed by atoms with E-state index in [1.54, 1.807) is 19.2 Å². The highest BCUT2D eigenvalue weighted by atomic mass is 35.5. The van der Waals surface area contributed by atoms with Crippen LogP contribution >= 0.6 is 12.4 Å². The molecule has 3 atom stereocenters. The van der Waals surface area contributed by atoms with Crippen molar-refractivity contribution in [3.05, 3.63) is 65.5 Å². The summed E-state index contributed by atoms with van der Waals surface area (Å²) in [7, 11) is 3.80. The second-order valence-corrected chi connectivity index (χ2v) is 8.25. The summed E-state index contributed by atoms with van der Waals surface area (Å²) in [6.45, 7) is 2.32. The van der Waals surface area contributed by atoms with Crippen LogP contribution in [-0.2, 0) is 7.05 Å². The Morgan fingerprint density at radius 2 is 1.84 bits per heavy atom. The van der Waals surface area contributed by atoms with Crippen LogP contribution in [0, 0.1) is 17.7 Å². The summed E-state index contributed by atoms with van der Waals surface area (Å²) in [6, 6.07) is 14.3. The van der Waals surface area contributed by atoms with Crippen LogP contribution in [0.5, 0.6) is 0 Å². The fourth-order valence-corrected chi connectivity index (χ4v) is 4.96. The average molecular weight is 443 g/mol. The molecule has 1 aromatic heterocycles. The maximum Gasteiger partial charge on any atom is 0.253 e. The zero-order valence-electron chi connectivity index (χ0n) is 17.3. The lowest BCUT2D eigenvalue weighted by Gasteiger charge is -2.27. The molecule has 0 N–H and O–H groups in total. The van der Waals surface area contributed by atoms with E-state index in [1.807, 2.05) is 35.2 Å². The Balaban J connectivity index is 0.00000231. The van der Waals surface area contributed by atoms with Gasteiger partial charge < -0.3 is 4.90 Å². The van der Waals surface area contributed by atoms with Gasteiger partial charge in [-0.25, -0.2) is 4.39 Å². The average Bonchev–Trinajstić information content (AvgIpc) is 3.41. The van der Waals surface area contributed by atoms with E-state index in [4.69, 9.17) is 0 Å². The van der Waals surface area contributed by atoms with Crippen molar-refractivity contribution >= 4 is 18.3 Å². The van der Waals surface area contributed by atoms with E-state index in [0.29, 0.717) is 29.8 Å². The van der Waals surface area contributed by atoms with Gasteiger partial charge in [0.05, 0.1) is 7.05 Å².